The SMILES string of the molecule is CCOCc1nc(N)cc(NC(C)c2cc(C)oc2C)n1. The van der Waals surface area contributed by atoms with E-state index in [0.29, 0.717) is 30.7 Å². The van der Waals surface area contributed by atoms with Crippen LogP contribution in [0.25, 0.3) is 0 Å². The van der Waals surface area contributed by atoms with Gasteiger partial charge in [0.25, 0.3) is 0 Å². The number of aromatic nitrogens is 2. The van der Waals surface area contributed by atoms with Crippen molar-refractivity contribution in [2.75, 3.05) is 17.7 Å². The molecule has 0 spiro atoms. The molecule has 1 atom stereocenters. The molecule has 2 rings (SSSR count). The Hall–Kier alpha value is -2.08. The fraction of sp³-hybridized carbons (Fsp3) is 0.467. The second kappa shape index (κ2) is 6.58. The van der Waals surface area contributed by atoms with E-state index in [1.165, 1.54) is 0 Å². The van der Waals surface area contributed by atoms with Crippen LogP contribution in [0.4, 0.5) is 11.6 Å². The average molecular weight is 290 g/mol. The summed E-state index contributed by atoms with van der Waals surface area (Å²) in [5.41, 5.74) is 6.92. The molecule has 0 bridgehead atoms. The highest BCUT2D eigenvalue weighted by molar-refractivity contribution is 5.46. The van der Waals surface area contributed by atoms with E-state index in [1.54, 1.807) is 6.07 Å². The molecule has 6 nitrogen and oxygen atoms in total. The molecule has 0 aliphatic rings. The number of furan rings is 1. The smallest absolute Gasteiger partial charge is 0.158 e. The molecular formula is C15H22N4O2. The first kappa shape index (κ1) is 15.3. The van der Waals surface area contributed by atoms with E-state index in [0.717, 1.165) is 17.1 Å². The number of aryl methyl sites for hydroxylation is 2. The summed E-state index contributed by atoms with van der Waals surface area (Å²) in [6.07, 6.45) is 0. The van der Waals surface area contributed by atoms with Gasteiger partial charge in [-0.05, 0) is 33.8 Å². The van der Waals surface area contributed by atoms with Crippen molar-refractivity contribution in [2.45, 2.75) is 40.3 Å². The van der Waals surface area contributed by atoms with E-state index in [-0.39, 0.29) is 6.04 Å². The van der Waals surface area contributed by atoms with Gasteiger partial charge in [-0.1, -0.05) is 0 Å². The van der Waals surface area contributed by atoms with Crippen molar-refractivity contribution in [1.82, 2.24) is 9.97 Å². The van der Waals surface area contributed by atoms with Crippen LogP contribution in [0.2, 0.25) is 0 Å². The lowest BCUT2D eigenvalue weighted by Crippen LogP contribution is -2.11. The number of rotatable bonds is 6. The van der Waals surface area contributed by atoms with Gasteiger partial charge in [0, 0.05) is 18.2 Å². The van der Waals surface area contributed by atoms with Crippen LogP contribution in [0.1, 0.15) is 42.8 Å². The first-order chi connectivity index (χ1) is 9.99. The topological polar surface area (TPSA) is 86.2 Å². The van der Waals surface area contributed by atoms with E-state index >= 15 is 0 Å². The van der Waals surface area contributed by atoms with Crippen molar-refractivity contribution in [2.24, 2.45) is 0 Å². The lowest BCUT2D eigenvalue weighted by atomic mass is 10.1. The molecule has 0 aliphatic carbocycles. The molecule has 2 heterocycles. The van der Waals surface area contributed by atoms with Gasteiger partial charge < -0.3 is 20.2 Å². The molecule has 0 fully saturated rings. The fourth-order valence-electron chi connectivity index (χ4n) is 2.23. The number of nitrogens with one attached hydrogen (secondary N) is 1. The number of anilines is 2. The van der Waals surface area contributed by atoms with Gasteiger partial charge in [-0.2, -0.15) is 0 Å². The number of hydrogen-bond donors (Lipinski definition) is 2. The second-order valence-corrected chi connectivity index (χ2v) is 4.97. The Morgan fingerprint density at radius 1 is 1.33 bits per heavy atom. The molecule has 0 saturated carbocycles. The molecule has 21 heavy (non-hydrogen) atoms. The summed E-state index contributed by atoms with van der Waals surface area (Å²) in [7, 11) is 0. The summed E-state index contributed by atoms with van der Waals surface area (Å²) < 4.78 is 10.9. The van der Waals surface area contributed by atoms with Gasteiger partial charge >= 0.3 is 0 Å². The minimum Gasteiger partial charge on any atom is -0.466 e. The second-order valence-electron chi connectivity index (χ2n) is 4.97. The Morgan fingerprint density at radius 2 is 2.10 bits per heavy atom. The monoisotopic (exact) mass is 290 g/mol. The number of nitrogen functional groups attached to an aromatic ring is 1. The minimum absolute atomic E-state index is 0.0664. The van der Waals surface area contributed by atoms with Gasteiger partial charge in [0.05, 0.1) is 6.04 Å². The molecule has 1 unspecified atom stereocenters. The van der Waals surface area contributed by atoms with E-state index in [2.05, 4.69) is 22.2 Å². The standard InChI is InChI=1S/C15H22N4O2/c1-5-20-8-15-18-13(16)7-14(19-15)17-10(3)12-6-9(2)21-11(12)4/h6-7,10H,5,8H2,1-4H3,(H3,16,17,18,19). The van der Waals surface area contributed by atoms with Crippen LogP contribution in [-0.2, 0) is 11.3 Å². The predicted molar refractivity (Wildman–Crippen MR) is 82.0 cm³/mol. The largest absolute Gasteiger partial charge is 0.466 e. The number of nitrogens with zero attached hydrogens (tertiary/aromatic N) is 2. The Kier molecular flexibility index (Phi) is 4.80. The maximum atomic E-state index is 5.81. The molecule has 0 saturated heterocycles. The highest BCUT2D eigenvalue weighted by atomic mass is 16.5. The Labute approximate surface area is 124 Å². The zero-order valence-corrected chi connectivity index (χ0v) is 12.9. The molecule has 0 amide bonds. The van der Waals surface area contributed by atoms with Crippen molar-refractivity contribution in [3.8, 4) is 0 Å². The number of hydrogen-bond acceptors (Lipinski definition) is 6. The maximum Gasteiger partial charge on any atom is 0.158 e. The Morgan fingerprint density at radius 3 is 2.71 bits per heavy atom. The van der Waals surface area contributed by atoms with Gasteiger partial charge in [0.15, 0.2) is 5.82 Å². The zero-order chi connectivity index (χ0) is 15.4. The zero-order valence-electron chi connectivity index (χ0n) is 12.9. The Balaban J connectivity index is 2.14. The van der Waals surface area contributed by atoms with Crippen LogP contribution < -0.4 is 11.1 Å². The van der Waals surface area contributed by atoms with Gasteiger partial charge in [0.2, 0.25) is 0 Å². The predicted octanol–water partition coefficient (Wildman–Crippen LogP) is 2.98. The third-order valence-corrected chi connectivity index (χ3v) is 3.14. The van der Waals surface area contributed by atoms with Crippen LogP contribution in [0, 0.1) is 13.8 Å². The highest BCUT2D eigenvalue weighted by Crippen LogP contribution is 2.24. The summed E-state index contributed by atoms with van der Waals surface area (Å²) in [5.74, 6) is 3.49. The first-order valence-electron chi connectivity index (χ1n) is 7.04. The number of nitrogens with two attached hydrogens (primary N) is 1. The lowest BCUT2D eigenvalue weighted by molar-refractivity contribution is 0.128. The van der Waals surface area contributed by atoms with E-state index < -0.39 is 0 Å². The summed E-state index contributed by atoms with van der Waals surface area (Å²) >= 11 is 0. The van der Waals surface area contributed by atoms with E-state index in [1.807, 2.05) is 26.8 Å². The lowest BCUT2D eigenvalue weighted by Gasteiger charge is -2.15. The van der Waals surface area contributed by atoms with Crippen LogP contribution >= 0.6 is 0 Å². The molecule has 6 heteroatoms. The van der Waals surface area contributed by atoms with Crippen molar-refractivity contribution >= 4 is 11.6 Å². The van der Waals surface area contributed by atoms with Crippen LogP contribution in [0.15, 0.2) is 16.5 Å². The normalized spacial score (nSPS) is 12.4. The van der Waals surface area contributed by atoms with Gasteiger partial charge in [-0.15, -0.1) is 0 Å². The summed E-state index contributed by atoms with van der Waals surface area (Å²) in [6, 6.07) is 3.81. The third kappa shape index (κ3) is 3.95. The number of ether oxygens (including phenoxy) is 1. The van der Waals surface area contributed by atoms with Crippen molar-refractivity contribution in [3.63, 3.8) is 0 Å². The van der Waals surface area contributed by atoms with Gasteiger partial charge in [0.1, 0.15) is 29.8 Å². The van der Waals surface area contributed by atoms with Crippen LogP contribution in [-0.4, -0.2) is 16.6 Å². The third-order valence-electron chi connectivity index (χ3n) is 3.14. The Bertz CT molecular complexity index is 610. The molecule has 0 radical (unpaired) electrons. The molecule has 0 aliphatic heterocycles. The first-order valence-corrected chi connectivity index (χ1v) is 7.04. The van der Waals surface area contributed by atoms with Crippen molar-refractivity contribution in [1.29, 1.82) is 0 Å². The van der Waals surface area contributed by atoms with Crippen molar-refractivity contribution in [3.05, 3.63) is 35.0 Å². The molecule has 0 aromatic carbocycles. The quantitative estimate of drug-likeness (QED) is 0.850. The van der Waals surface area contributed by atoms with Crippen LogP contribution in [0.5, 0.6) is 0 Å². The fourth-order valence-corrected chi connectivity index (χ4v) is 2.23. The van der Waals surface area contributed by atoms with Crippen LogP contribution in [0.3, 0.4) is 0 Å². The molecule has 114 valence electrons. The summed E-state index contributed by atoms with van der Waals surface area (Å²) in [5, 5.41) is 3.32. The van der Waals surface area contributed by atoms with E-state index in [9.17, 15) is 0 Å². The van der Waals surface area contributed by atoms with Gasteiger partial charge in [-0.3, -0.25) is 0 Å². The molecular weight excluding hydrogens is 268 g/mol. The maximum absolute atomic E-state index is 5.81. The summed E-state index contributed by atoms with van der Waals surface area (Å²) in [4.78, 5) is 8.57. The summed E-state index contributed by atoms with van der Waals surface area (Å²) in [6.45, 7) is 8.84. The average Bonchev–Trinajstić information content (AvgIpc) is 2.75. The van der Waals surface area contributed by atoms with Gasteiger partial charge in [-0.25, -0.2) is 9.97 Å². The molecule has 3 N–H and O–H groups in total. The molecule has 2 aromatic heterocycles. The van der Waals surface area contributed by atoms with Crippen molar-refractivity contribution < 1.29 is 9.15 Å². The van der Waals surface area contributed by atoms with E-state index in [4.69, 9.17) is 14.9 Å². The highest BCUT2D eigenvalue weighted by Gasteiger charge is 2.14. The minimum atomic E-state index is 0.0664. The molecule has 2 aromatic rings.